The topological polar surface area (TPSA) is 175 Å². The van der Waals surface area contributed by atoms with Crippen LogP contribution in [0.15, 0.2) is 0 Å². The third kappa shape index (κ3) is 23.7. The zero-order chi connectivity index (χ0) is 47.4. The van der Waals surface area contributed by atoms with E-state index in [9.17, 15) is 0 Å². The summed E-state index contributed by atoms with van der Waals surface area (Å²) in [4.78, 5) is 0. The summed E-state index contributed by atoms with van der Waals surface area (Å²) < 4.78 is 111. The van der Waals surface area contributed by atoms with Gasteiger partial charge in [-0.1, -0.05) is 0 Å². The van der Waals surface area contributed by atoms with Crippen LogP contribution >= 0.6 is 0 Å². The fourth-order valence-electron chi connectivity index (χ4n) is 8.21. The Morgan fingerprint density at radius 2 is 0.222 bits per heavy atom. The molecule has 0 fully saturated rings. The first-order valence-electron chi connectivity index (χ1n) is 21.1. The molecule has 0 spiro atoms. The Morgan fingerprint density at radius 1 is 0.143 bits per heavy atom. The first-order chi connectivity index (χ1) is 30.4. The molecule has 19 heteroatoms. The Balaban J connectivity index is 6.19. The maximum absolute atomic E-state index is 6.57. The predicted octanol–water partition coefficient (Wildman–Crippen LogP) is 2.04. The van der Waals surface area contributed by atoms with Crippen molar-refractivity contribution < 1.29 is 90.0 Å². The lowest BCUT2D eigenvalue weighted by molar-refractivity contribution is -0.160. The zero-order valence-corrected chi connectivity index (χ0v) is 41.7. The van der Waals surface area contributed by atoms with Gasteiger partial charge in [0.25, 0.3) is 0 Å². The van der Waals surface area contributed by atoms with E-state index in [4.69, 9.17) is 90.0 Å². The van der Waals surface area contributed by atoms with Crippen molar-refractivity contribution in [2.75, 3.05) is 258 Å². The molecule has 0 aliphatic rings. The van der Waals surface area contributed by atoms with Crippen molar-refractivity contribution >= 4 is 0 Å². The second-order valence-electron chi connectivity index (χ2n) is 17.5. The van der Waals surface area contributed by atoms with Gasteiger partial charge in [-0.05, 0) is 0 Å². The standard InChI is InChI=1S/C44H90O19/c1-45-15-39(16-46-2,17-47-3)29-59-31-41(21-51-7,22-52-8)33-61-35-43(25-55-11,26-56-12)37-63-38-44(27-57-13,28-58-14)36-62-34-42(23-53-9,24-54-10)32-60-30-40(18-48-4,19-49-5)20-50-6/h15-38H2,1-14H3. The predicted molar refractivity (Wildman–Crippen MR) is 235 cm³/mol. The third-order valence-corrected chi connectivity index (χ3v) is 10.4. The fraction of sp³-hybridized carbons (Fsp3) is 1.00. The molecule has 0 aromatic carbocycles. The number of hydrogen-bond acceptors (Lipinski definition) is 19. The Bertz CT molecular complexity index is 904. The molecule has 0 rings (SSSR count). The van der Waals surface area contributed by atoms with E-state index in [1.807, 2.05) is 0 Å². The van der Waals surface area contributed by atoms with Gasteiger partial charge in [-0.3, -0.25) is 0 Å². The van der Waals surface area contributed by atoms with Crippen LogP contribution in [-0.4, -0.2) is 258 Å². The minimum atomic E-state index is -0.694. The fourth-order valence-corrected chi connectivity index (χ4v) is 8.21. The second-order valence-corrected chi connectivity index (χ2v) is 17.5. The highest BCUT2D eigenvalue weighted by molar-refractivity contribution is 4.87. The summed E-state index contributed by atoms with van der Waals surface area (Å²) >= 11 is 0. The molecule has 0 amide bonds. The van der Waals surface area contributed by atoms with Crippen LogP contribution in [0.25, 0.3) is 0 Å². The van der Waals surface area contributed by atoms with Gasteiger partial charge >= 0.3 is 0 Å². The number of methoxy groups -OCH3 is 14. The highest BCUT2D eigenvalue weighted by atomic mass is 16.6. The van der Waals surface area contributed by atoms with Crippen molar-refractivity contribution in [2.24, 2.45) is 32.5 Å². The number of rotatable bonds is 48. The van der Waals surface area contributed by atoms with Crippen LogP contribution in [0.4, 0.5) is 0 Å². The van der Waals surface area contributed by atoms with Crippen LogP contribution in [0.1, 0.15) is 0 Å². The lowest BCUT2D eigenvalue weighted by atomic mass is 9.89. The van der Waals surface area contributed by atoms with Crippen molar-refractivity contribution in [3.05, 3.63) is 0 Å². The zero-order valence-electron chi connectivity index (χ0n) is 41.7. The molecule has 0 unspecified atom stereocenters. The third-order valence-electron chi connectivity index (χ3n) is 10.4. The molecule has 0 saturated heterocycles. The molecule has 0 atom stereocenters. The molecular weight excluding hydrogens is 832 g/mol. The van der Waals surface area contributed by atoms with Crippen LogP contribution in [0.5, 0.6) is 0 Å². The van der Waals surface area contributed by atoms with Gasteiger partial charge in [-0.2, -0.15) is 0 Å². The Hall–Kier alpha value is -0.760. The normalized spacial score (nSPS) is 13.4. The monoisotopic (exact) mass is 923 g/mol. The molecule has 0 aliphatic heterocycles. The van der Waals surface area contributed by atoms with Crippen molar-refractivity contribution in [2.45, 2.75) is 0 Å². The molecule has 0 bridgehead atoms. The SMILES string of the molecule is COCC(COC)(COC)COCC(COC)(COC)COCC(COC)(COC)COCC(COC)(COC)COCC(COC)(COC)COCC(COC)(COC)COC. The van der Waals surface area contributed by atoms with Crippen molar-refractivity contribution in [1.29, 1.82) is 0 Å². The summed E-state index contributed by atoms with van der Waals surface area (Å²) in [5.74, 6) is 0. The first-order valence-corrected chi connectivity index (χ1v) is 21.1. The largest absolute Gasteiger partial charge is 0.384 e. The number of ether oxygens (including phenoxy) is 19. The van der Waals surface area contributed by atoms with E-state index in [1.54, 1.807) is 99.5 Å². The summed E-state index contributed by atoms with van der Waals surface area (Å²) in [5, 5.41) is 0. The maximum Gasteiger partial charge on any atom is 0.0637 e. The molecule has 0 N–H and O–H groups in total. The molecule has 0 aromatic heterocycles. The summed E-state index contributed by atoms with van der Waals surface area (Å²) in [5.41, 5.74) is -3.69. The van der Waals surface area contributed by atoms with Crippen LogP contribution in [-0.2, 0) is 90.0 Å². The van der Waals surface area contributed by atoms with E-state index in [2.05, 4.69) is 0 Å². The molecule has 0 heterocycles. The minimum Gasteiger partial charge on any atom is -0.384 e. The molecule has 380 valence electrons. The smallest absolute Gasteiger partial charge is 0.0637 e. The maximum atomic E-state index is 6.57. The van der Waals surface area contributed by atoms with Gasteiger partial charge in [-0.15, -0.1) is 0 Å². The van der Waals surface area contributed by atoms with Crippen molar-refractivity contribution in [3.63, 3.8) is 0 Å². The average Bonchev–Trinajstić information content (AvgIpc) is 3.22. The van der Waals surface area contributed by atoms with Gasteiger partial charge in [0.1, 0.15) is 0 Å². The van der Waals surface area contributed by atoms with Gasteiger partial charge in [0.05, 0.1) is 191 Å². The van der Waals surface area contributed by atoms with Gasteiger partial charge in [0.2, 0.25) is 0 Å². The Labute approximate surface area is 380 Å². The minimum absolute atomic E-state index is 0.229. The number of hydrogen-bond donors (Lipinski definition) is 0. The summed E-state index contributed by atoms with van der Waals surface area (Å²) in [7, 11) is 23.0. The van der Waals surface area contributed by atoms with Gasteiger partial charge < -0.3 is 90.0 Å². The molecule has 63 heavy (non-hydrogen) atoms. The Kier molecular flexibility index (Phi) is 35.9. The quantitative estimate of drug-likeness (QED) is 0.0867. The Morgan fingerprint density at radius 3 is 0.302 bits per heavy atom. The van der Waals surface area contributed by atoms with Crippen LogP contribution in [0.3, 0.4) is 0 Å². The average molecular weight is 923 g/mol. The summed E-state index contributed by atoms with van der Waals surface area (Å²) in [6.07, 6.45) is 0. The van der Waals surface area contributed by atoms with Crippen LogP contribution < -0.4 is 0 Å². The van der Waals surface area contributed by atoms with E-state index in [-0.39, 0.29) is 52.9 Å². The van der Waals surface area contributed by atoms with E-state index in [0.29, 0.717) is 106 Å². The van der Waals surface area contributed by atoms with Gasteiger partial charge in [0.15, 0.2) is 0 Å². The first kappa shape index (κ1) is 62.2. The molecule has 0 aliphatic carbocycles. The molecule has 0 aromatic rings. The lowest BCUT2D eigenvalue weighted by Gasteiger charge is -2.39. The van der Waals surface area contributed by atoms with Crippen LogP contribution in [0.2, 0.25) is 0 Å². The van der Waals surface area contributed by atoms with Crippen molar-refractivity contribution in [1.82, 2.24) is 0 Å². The van der Waals surface area contributed by atoms with Gasteiger partial charge in [0, 0.05) is 99.5 Å². The highest BCUT2D eigenvalue weighted by Crippen LogP contribution is 2.30. The lowest BCUT2D eigenvalue weighted by Crippen LogP contribution is -2.48. The van der Waals surface area contributed by atoms with Gasteiger partial charge in [-0.25, -0.2) is 0 Å². The molecule has 19 nitrogen and oxygen atoms in total. The van der Waals surface area contributed by atoms with E-state index in [1.165, 1.54) is 0 Å². The molecule has 0 saturated carbocycles. The van der Waals surface area contributed by atoms with Crippen molar-refractivity contribution in [3.8, 4) is 0 Å². The molecular formula is C44H90O19. The van der Waals surface area contributed by atoms with E-state index < -0.39 is 32.5 Å². The van der Waals surface area contributed by atoms with E-state index in [0.717, 1.165) is 0 Å². The highest BCUT2D eigenvalue weighted by Gasteiger charge is 2.41. The van der Waals surface area contributed by atoms with E-state index >= 15 is 0 Å². The summed E-state index contributed by atoms with van der Waals surface area (Å²) in [6, 6.07) is 0. The molecule has 0 radical (unpaired) electrons. The summed E-state index contributed by atoms with van der Waals surface area (Å²) in [6.45, 7) is 7.45. The second kappa shape index (κ2) is 36.3. The van der Waals surface area contributed by atoms with Crippen LogP contribution in [0, 0.1) is 32.5 Å².